The van der Waals surface area contributed by atoms with E-state index in [9.17, 15) is 0 Å². The summed E-state index contributed by atoms with van der Waals surface area (Å²) in [7, 11) is 4.03. The molecule has 0 aliphatic heterocycles. The monoisotopic (exact) mass is 225 g/mol. The Morgan fingerprint density at radius 1 is 1.67 bits per heavy atom. The number of likely N-dealkylation sites (N-methyl/N-ethyl adjacent to an activating group) is 1. The van der Waals surface area contributed by atoms with Crippen molar-refractivity contribution < 1.29 is 0 Å². The number of hydrogen-bond donors (Lipinski definition) is 1. The maximum absolute atomic E-state index is 4.53. The van der Waals surface area contributed by atoms with E-state index in [1.54, 1.807) is 11.3 Å². The van der Waals surface area contributed by atoms with E-state index >= 15 is 0 Å². The first-order valence-electron chi connectivity index (χ1n) is 5.02. The van der Waals surface area contributed by atoms with Gasteiger partial charge in [-0.1, -0.05) is 12.2 Å². The Balaban J connectivity index is 2.45. The van der Waals surface area contributed by atoms with Gasteiger partial charge in [0.2, 0.25) is 0 Å². The van der Waals surface area contributed by atoms with Gasteiger partial charge in [-0.2, -0.15) is 0 Å². The van der Waals surface area contributed by atoms with Gasteiger partial charge in [-0.05, 0) is 21.0 Å². The van der Waals surface area contributed by atoms with Gasteiger partial charge >= 0.3 is 0 Å². The van der Waals surface area contributed by atoms with Crippen LogP contribution in [0.5, 0.6) is 0 Å². The molecule has 4 heteroatoms. The molecule has 0 spiro atoms. The zero-order valence-corrected chi connectivity index (χ0v) is 10.5. The van der Waals surface area contributed by atoms with Crippen molar-refractivity contribution in [1.29, 1.82) is 0 Å². The lowest BCUT2D eigenvalue weighted by Crippen LogP contribution is -2.19. The van der Waals surface area contributed by atoms with E-state index in [0.29, 0.717) is 0 Å². The lowest BCUT2D eigenvalue weighted by molar-refractivity contribution is 0.351. The highest BCUT2D eigenvalue weighted by molar-refractivity contribution is 7.09. The smallest absolute Gasteiger partial charge is 0.107 e. The summed E-state index contributed by atoms with van der Waals surface area (Å²) in [6.07, 6.45) is 0. The Morgan fingerprint density at radius 2 is 2.40 bits per heavy atom. The van der Waals surface area contributed by atoms with Gasteiger partial charge in [0.15, 0.2) is 0 Å². The van der Waals surface area contributed by atoms with E-state index in [2.05, 4.69) is 34.2 Å². The van der Waals surface area contributed by atoms with Crippen LogP contribution in [0.1, 0.15) is 17.6 Å². The molecule has 0 aliphatic rings. The van der Waals surface area contributed by atoms with Crippen LogP contribution in [0.15, 0.2) is 17.5 Å². The molecule has 1 rings (SSSR count). The third-order valence-corrected chi connectivity index (χ3v) is 2.80. The fraction of sp³-hybridized carbons (Fsp3) is 0.545. The van der Waals surface area contributed by atoms with Crippen molar-refractivity contribution in [2.24, 2.45) is 0 Å². The van der Waals surface area contributed by atoms with Gasteiger partial charge in [-0.25, -0.2) is 4.98 Å². The fourth-order valence-electron chi connectivity index (χ4n) is 1.45. The Morgan fingerprint density at radius 3 is 3.00 bits per heavy atom. The predicted octanol–water partition coefficient (Wildman–Crippen LogP) is 1.87. The summed E-state index contributed by atoms with van der Waals surface area (Å²) in [6, 6.07) is 0. The summed E-state index contributed by atoms with van der Waals surface area (Å²) in [5.74, 6) is 0. The molecule has 3 nitrogen and oxygen atoms in total. The minimum absolute atomic E-state index is 0.856. The summed E-state index contributed by atoms with van der Waals surface area (Å²) < 4.78 is 0. The summed E-state index contributed by atoms with van der Waals surface area (Å²) in [6.45, 7) is 8.63. The lowest BCUT2D eigenvalue weighted by Gasteiger charge is -2.14. The Labute approximate surface area is 95.8 Å². The number of nitrogens with zero attached hydrogens (tertiary/aromatic N) is 2. The number of aromatic nitrogens is 1. The zero-order chi connectivity index (χ0) is 11.3. The molecule has 0 aliphatic carbocycles. The molecule has 0 radical (unpaired) electrons. The molecule has 0 aromatic carbocycles. The fourth-order valence-corrected chi connectivity index (χ4v) is 2.24. The quantitative estimate of drug-likeness (QED) is 0.749. The minimum Gasteiger partial charge on any atom is -0.314 e. The largest absolute Gasteiger partial charge is 0.314 e. The van der Waals surface area contributed by atoms with Crippen LogP contribution >= 0.6 is 11.3 Å². The van der Waals surface area contributed by atoms with E-state index in [-0.39, 0.29) is 0 Å². The molecule has 0 amide bonds. The molecule has 0 fully saturated rings. The summed E-state index contributed by atoms with van der Waals surface area (Å²) in [5, 5.41) is 6.38. The van der Waals surface area contributed by atoms with Crippen molar-refractivity contribution in [2.75, 3.05) is 20.6 Å². The van der Waals surface area contributed by atoms with Crippen LogP contribution < -0.4 is 5.32 Å². The molecule has 0 atom stereocenters. The molecule has 1 aromatic heterocycles. The van der Waals surface area contributed by atoms with Crippen molar-refractivity contribution in [3.63, 3.8) is 0 Å². The molecule has 0 saturated carbocycles. The molecule has 0 unspecified atom stereocenters. The number of thiazole rings is 1. The van der Waals surface area contributed by atoms with Crippen molar-refractivity contribution in [3.8, 4) is 0 Å². The normalized spacial score (nSPS) is 10.9. The van der Waals surface area contributed by atoms with E-state index in [1.165, 1.54) is 5.57 Å². The summed E-state index contributed by atoms with van der Waals surface area (Å²) in [5.41, 5.74) is 2.33. The second-order valence-electron chi connectivity index (χ2n) is 3.89. The second kappa shape index (κ2) is 6.00. The van der Waals surface area contributed by atoms with Gasteiger partial charge in [0.05, 0.1) is 5.69 Å². The number of hydrogen-bond acceptors (Lipinski definition) is 4. The number of rotatable bonds is 6. The SMILES string of the molecule is C=C(C)CN(C)Cc1csc(CNC)n1. The summed E-state index contributed by atoms with van der Waals surface area (Å²) >= 11 is 1.71. The predicted molar refractivity (Wildman–Crippen MR) is 66.0 cm³/mol. The average molecular weight is 225 g/mol. The highest BCUT2D eigenvalue weighted by atomic mass is 32.1. The van der Waals surface area contributed by atoms with Crippen LogP contribution in [-0.2, 0) is 13.1 Å². The summed E-state index contributed by atoms with van der Waals surface area (Å²) in [4.78, 5) is 6.75. The van der Waals surface area contributed by atoms with Crippen LogP contribution in [-0.4, -0.2) is 30.5 Å². The molecule has 15 heavy (non-hydrogen) atoms. The molecule has 0 saturated heterocycles. The molecule has 1 heterocycles. The second-order valence-corrected chi connectivity index (χ2v) is 4.83. The Bertz CT molecular complexity index is 319. The molecule has 84 valence electrons. The third-order valence-electron chi connectivity index (χ3n) is 1.90. The van der Waals surface area contributed by atoms with E-state index < -0.39 is 0 Å². The third kappa shape index (κ3) is 4.55. The highest BCUT2D eigenvalue weighted by Crippen LogP contribution is 2.11. The van der Waals surface area contributed by atoms with Crippen molar-refractivity contribution in [2.45, 2.75) is 20.0 Å². The van der Waals surface area contributed by atoms with Crippen LogP contribution in [0.2, 0.25) is 0 Å². The molecule has 0 bridgehead atoms. The van der Waals surface area contributed by atoms with Gasteiger partial charge < -0.3 is 5.32 Å². The van der Waals surface area contributed by atoms with Crippen molar-refractivity contribution >= 4 is 11.3 Å². The number of nitrogens with one attached hydrogen (secondary N) is 1. The van der Waals surface area contributed by atoms with Crippen LogP contribution in [0.4, 0.5) is 0 Å². The van der Waals surface area contributed by atoms with Gasteiger partial charge in [-0.15, -0.1) is 11.3 Å². The molecular weight excluding hydrogens is 206 g/mol. The first-order chi connectivity index (χ1) is 7.11. The topological polar surface area (TPSA) is 28.2 Å². The van der Waals surface area contributed by atoms with Gasteiger partial charge in [0, 0.05) is 25.0 Å². The van der Waals surface area contributed by atoms with E-state index in [1.807, 2.05) is 14.0 Å². The first-order valence-corrected chi connectivity index (χ1v) is 5.90. The maximum Gasteiger partial charge on any atom is 0.107 e. The van der Waals surface area contributed by atoms with Gasteiger partial charge in [-0.3, -0.25) is 4.90 Å². The van der Waals surface area contributed by atoms with Crippen molar-refractivity contribution in [1.82, 2.24) is 15.2 Å². The first kappa shape index (κ1) is 12.4. The highest BCUT2D eigenvalue weighted by Gasteiger charge is 2.04. The minimum atomic E-state index is 0.856. The average Bonchev–Trinajstić information content (AvgIpc) is 2.51. The van der Waals surface area contributed by atoms with E-state index in [0.717, 1.165) is 30.3 Å². The van der Waals surface area contributed by atoms with Crippen LogP contribution in [0.3, 0.4) is 0 Å². The zero-order valence-electron chi connectivity index (χ0n) is 9.71. The van der Waals surface area contributed by atoms with Gasteiger partial charge in [0.1, 0.15) is 5.01 Å². The Hall–Kier alpha value is -0.710. The lowest BCUT2D eigenvalue weighted by atomic mass is 10.3. The molecular formula is C11H19N3S. The van der Waals surface area contributed by atoms with Gasteiger partial charge in [0.25, 0.3) is 0 Å². The van der Waals surface area contributed by atoms with E-state index in [4.69, 9.17) is 0 Å². The molecule has 1 aromatic rings. The van der Waals surface area contributed by atoms with Crippen LogP contribution in [0, 0.1) is 0 Å². The molecule has 1 N–H and O–H groups in total. The maximum atomic E-state index is 4.53. The Kier molecular flexibility index (Phi) is 4.94. The van der Waals surface area contributed by atoms with Crippen molar-refractivity contribution in [3.05, 3.63) is 28.2 Å². The van der Waals surface area contributed by atoms with Crippen LogP contribution in [0.25, 0.3) is 0 Å². The standard InChI is InChI=1S/C11H19N3S/c1-9(2)6-14(4)7-10-8-15-11(13-10)5-12-3/h8,12H,1,5-7H2,2-4H3.